The number of nitrogens with zero attached hydrogens (tertiary/aromatic N) is 6. The molecule has 0 amide bonds. The van der Waals surface area contributed by atoms with E-state index in [1.54, 1.807) is 6.20 Å². The number of aromatic nitrogens is 6. The molecule has 5 rings (SSSR count). The van der Waals surface area contributed by atoms with Gasteiger partial charge in [0.25, 0.3) is 11.3 Å². The topological polar surface area (TPSA) is 51.9 Å². The summed E-state index contributed by atoms with van der Waals surface area (Å²) in [5.41, 5.74) is 5.26. The van der Waals surface area contributed by atoms with Gasteiger partial charge in [-0.3, -0.25) is 4.98 Å². The second-order valence-corrected chi connectivity index (χ2v) is 5.03. The number of fused-ring (bicyclic) bond motifs is 7. The maximum atomic E-state index is 4.73. The van der Waals surface area contributed by atoms with Gasteiger partial charge in [0.15, 0.2) is 6.33 Å². The van der Waals surface area contributed by atoms with Crippen LogP contribution in [0.15, 0.2) is 36.9 Å². The highest BCUT2D eigenvalue weighted by Crippen LogP contribution is 2.31. The molecule has 0 spiro atoms. The second kappa shape index (κ2) is 3.22. The van der Waals surface area contributed by atoms with Crippen LogP contribution < -0.4 is 4.57 Å². The largest absolute Gasteiger partial charge is 0.296 e. The van der Waals surface area contributed by atoms with Gasteiger partial charge in [-0.25, -0.2) is 14.1 Å². The van der Waals surface area contributed by atoms with Crippen molar-refractivity contribution in [2.24, 2.45) is 7.05 Å². The molecule has 0 N–H and O–H groups in total. The first-order valence-electron chi connectivity index (χ1n) is 6.49. The van der Waals surface area contributed by atoms with E-state index in [0.717, 1.165) is 35.0 Å². The molecule has 4 aromatic rings. The first kappa shape index (κ1) is 10.1. The van der Waals surface area contributed by atoms with E-state index < -0.39 is 0 Å². The van der Waals surface area contributed by atoms with Gasteiger partial charge in [-0.1, -0.05) is 0 Å². The van der Waals surface area contributed by atoms with Crippen LogP contribution in [-0.4, -0.2) is 23.9 Å². The highest BCUT2D eigenvalue weighted by molar-refractivity contribution is 5.77. The van der Waals surface area contributed by atoms with E-state index >= 15 is 0 Å². The number of pyridine rings is 1. The van der Waals surface area contributed by atoms with E-state index in [-0.39, 0.29) is 0 Å². The molecule has 0 saturated heterocycles. The Morgan fingerprint density at radius 3 is 3.15 bits per heavy atom. The van der Waals surface area contributed by atoms with Gasteiger partial charge in [0.2, 0.25) is 11.5 Å². The van der Waals surface area contributed by atoms with E-state index in [0.29, 0.717) is 0 Å². The van der Waals surface area contributed by atoms with E-state index in [2.05, 4.69) is 32.2 Å². The Kier molecular flexibility index (Phi) is 1.62. The molecule has 1 aliphatic heterocycles. The molecule has 0 aliphatic carbocycles. The Morgan fingerprint density at radius 2 is 2.20 bits per heavy atom. The number of rotatable bonds is 0. The third-order valence-corrected chi connectivity index (χ3v) is 3.97. The Hall–Kier alpha value is -2.76. The number of aryl methyl sites for hydroxylation is 1. The Labute approximate surface area is 114 Å². The Bertz CT molecular complexity index is 994. The SMILES string of the molecule is C[n+]1c2n(c3nc4ccncn4c31)Cc1ncccc1-2. The van der Waals surface area contributed by atoms with Crippen molar-refractivity contribution in [3.8, 4) is 11.4 Å². The monoisotopic (exact) mass is 263 g/mol. The van der Waals surface area contributed by atoms with Crippen LogP contribution in [0.25, 0.3) is 28.3 Å². The predicted molar refractivity (Wildman–Crippen MR) is 72.0 cm³/mol. The lowest BCUT2D eigenvalue weighted by atomic mass is 10.2. The fourth-order valence-electron chi connectivity index (χ4n) is 3.14. The summed E-state index contributed by atoms with van der Waals surface area (Å²) in [5, 5.41) is 0. The van der Waals surface area contributed by atoms with Crippen molar-refractivity contribution in [2.75, 3.05) is 0 Å². The van der Waals surface area contributed by atoms with Crippen LogP contribution in [0.1, 0.15) is 5.69 Å². The maximum absolute atomic E-state index is 4.73. The lowest BCUT2D eigenvalue weighted by Crippen LogP contribution is -2.30. The first-order chi connectivity index (χ1) is 9.84. The summed E-state index contributed by atoms with van der Waals surface area (Å²) >= 11 is 0. The lowest BCUT2D eigenvalue weighted by Gasteiger charge is -1.96. The average Bonchev–Trinajstić information content (AvgIpc) is 3.10. The summed E-state index contributed by atoms with van der Waals surface area (Å²) in [6.07, 6.45) is 5.42. The van der Waals surface area contributed by atoms with Crippen LogP contribution in [0.3, 0.4) is 0 Å². The number of imidazole rings is 2. The number of hydrogen-bond acceptors (Lipinski definition) is 3. The smallest absolute Gasteiger partial charge is 0.257 e. The Morgan fingerprint density at radius 1 is 1.25 bits per heavy atom. The summed E-state index contributed by atoms with van der Waals surface area (Å²) in [6, 6.07) is 6.02. The normalized spacial score (nSPS) is 13.1. The van der Waals surface area contributed by atoms with Gasteiger partial charge in [0, 0.05) is 18.5 Å². The van der Waals surface area contributed by atoms with E-state index in [4.69, 9.17) is 4.98 Å². The molecule has 0 bridgehead atoms. The fourth-order valence-corrected chi connectivity index (χ4v) is 3.14. The molecule has 0 atom stereocenters. The second-order valence-electron chi connectivity index (χ2n) is 5.03. The van der Waals surface area contributed by atoms with E-state index in [1.807, 2.05) is 29.1 Å². The third-order valence-electron chi connectivity index (χ3n) is 3.97. The zero-order valence-corrected chi connectivity index (χ0v) is 10.9. The van der Waals surface area contributed by atoms with Crippen molar-refractivity contribution < 1.29 is 4.57 Å². The van der Waals surface area contributed by atoms with E-state index in [9.17, 15) is 0 Å². The minimum absolute atomic E-state index is 0.778. The van der Waals surface area contributed by atoms with Gasteiger partial charge in [0.1, 0.15) is 6.54 Å². The van der Waals surface area contributed by atoms with Gasteiger partial charge in [0.05, 0.1) is 18.3 Å². The highest BCUT2D eigenvalue weighted by Gasteiger charge is 2.34. The summed E-state index contributed by atoms with van der Waals surface area (Å²) < 4.78 is 6.42. The molecule has 1 aliphatic rings. The summed E-state index contributed by atoms with van der Waals surface area (Å²) in [5.74, 6) is 1.16. The minimum atomic E-state index is 0.778. The highest BCUT2D eigenvalue weighted by atomic mass is 15.3. The molecule has 6 heteroatoms. The molecule has 0 unspecified atom stereocenters. The third kappa shape index (κ3) is 1.01. The molecule has 96 valence electrons. The van der Waals surface area contributed by atoms with Crippen molar-refractivity contribution in [2.45, 2.75) is 6.54 Å². The average molecular weight is 263 g/mol. The molecule has 0 aromatic carbocycles. The van der Waals surface area contributed by atoms with Crippen LogP contribution in [0, 0.1) is 0 Å². The van der Waals surface area contributed by atoms with Gasteiger partial charge in [-0.05, 0) is 12.1 Å². The molecular formula is C14H11N6+. The maximum Gasteiger partial charge on any atom is 0.296 e. The summed E-state index contributed by atoms with van der Waals surface area (Å²) in [6.45, 7) is 0.778. The van der Waals surface area contributed by atoms with Gasteiger partial charge in [-0.2, -0.15) is 9.38 Å². The van der Waals surface area contributed by atoms with Gasteiger partial charge < -0.3 is 0 Å². The number of hydrogen-bond donors (Lipinski definition) is 0. The van der Waals surface area contributed by atoms with Crippen molar-refractivity contribution in [3.05, 3.63) is 42.6 Å². The van der Waals surface area contributed by atoms with Crippen LogP contribution in [0.4, 0.5) is 0 Å². The molecule has 5 heterocycles. The van der Waals surface area contributed by atoms with Crippen molar-refractivity contribution in [1.82, 2.24) is 23.9 Å². The van der Waals surface area contributed by atoms with Crippen LogP contribution >= 0.6 is 0 Å². The van der Waals surface area contributed by atoms with E-state index in [1.165, 1.54) is 5.56 Å². The first-order valence-corrected chi connectivity index (χ1v) is 6.49. The standard InChI is InChI=1S/C14H11N6/c1-18-13-9-3-2-5-16-10(9)7-19(13)12-14(18)20-8-15-6-4-11(20)17-12/h2-6,8H,7H2,1H3/q+1. The lowest BCUT2D eigenvalue weighted by molar-refractivity contribution is -0.636. The van der Waals surface area contributed by atoms with Crippen molar-refractivity contribution in [1.29, 1.82) is 0 Å². The predicted octanol–water partition coefficient (Wildman–Crippen LogP) is 0.932. The molecule has 4 aromatic heterocycles. The molecule has 0 fully saturated rings. The molecule has 0 saturated carbocycles. The van der Waals surface area contributed by atoms with Crippen LogP contribution in [0.2, 0.25) is 0 Å². The minimum Gasteiger partial charge on any atom is -0.257 e. The molecule has 20 heavy (non-hydrogen) atoms. The zero-order chi connectivity index (χ0) is 13.3. The van der Waals surface area contributed by atoms with Gasteiger partial charge in [-0.15, -0.1) is 0 Å². The quantitative estimate of drug-likeness (QED) is 0.391. The molecule has 0 radical (unpaired) electrons. The fraction of sp³-hybridized carbons (Fsp3) is 0.143. The molecular weight excluding hydrogens is 252 g/mol. The Balaban J connectivity index is 1.98. The summed E-state index contributed by atoms with van der Waals surface area (Å²) in [4.78, 5) is 13.4. The molecule has 6 nitrogen and oxygen atoms in total. The van der Waals surface area contributed by atoms with Crippen molar-refractivity contribution >= 4 is 16.9 Å². The zero-order valence-electron chi connectivity index (χ0n) is 10.9. The van der Waals surface area contributed by atoms with Crippen molar-refractivity contribution in [3.63, 3.8) is 0 Å². The van der Waals surface area contributed by atoms with Gasteiger partial charge >= 0.3 is 0 Å². The van der Waals surface area contributed by atoms with Crippen LogP contribution in [-0.2, 0) is 13.6 Å². The summed E-state index contributed by atoms with van der Waals surface area (Å²) in [7, 11) is 2.07. The van der Waals surface area contributed by atoms with Crippen LogP contribution in [0.5, 0.6) is 0 Å².